The summed E-state index contributed by atoms with van der Waals surface area (Å²) in [7, 11) is 1.94. The van der Waals surface area contributed by atoms with E-state index in [9.17, 15) is 0 Å². The minimum atomic E-state index is 0.710. The van der Waals surface area contributed by atoms with E-state index in [1.807, 2.05) is 24.9 Å². The van der Waals surface area contributed by atoms with Crippen molar-refractivity contribution in [2.75, 3.05) is 17.2 Å². The van der Waals surface area contributed by atoms with E-state index in [4.69, 9.17) is 0 Å². The molecule has 0 unspecified atom stereocenters. The average Bonchev–Trinajstić information content (AvgIpc) is 2.78. The Morgan fingerprint density at radius 2 is 1.89 bits per heavy atom. The van der Waals surface area contributed by atoms with Crippen LogP contribution in [0.5, 0.6) is 0 Å². The first-order valence-corrected chi connectivity index (χ1v) is 6.54. The van der Waals surface area contributed by atoms with Crippen LogP contribution in [0.15, 0.2) is 18.6 Å². The topological polar surface area (TPSA) is 67.7 Å². The van der Waals surface area contributed by atoms with Gasteiger partial charge in [0.25, 0.3) is 0 Å². The molecule has 0 atom stereocenters. The van der Waals surface area contributed by atoms with Gasteiger partial charge in [0.1, 0.15) is 11.6 Å². The van der Waals surface area contributed by atoms with Gasteiger partial charge in [0.05, 0.1) is 18.1 Å². The Balaban J connectivity index is 2.03. The van der Waals surface area contributed by atoms with Crippen molar-refractivity contribution in [3.8, 4) is 0 Å². The molecule has 0 spiro atoms. The molecule has 2 aromatic heterocycles. The molecule has 0 aliphatic rings. The van der Waals surface area contributed by atoms with Gasteiger partial charge in [-0.2, -0.15) is 5.10 Å². The van der Waals surface area contributed by atoms with Crippen molar-refractivity contribution in [2.24, 2.45) is 7.05 Å². The summed E-state index contributed by atoms with van der Waals surface area (Å²) in [5, 5.41) is 10.8. The second kappa shape index (κ2) is 6.17. The van der Waals surface area contributed by atoms with Gasteiger partial charge in [0, 0.05) is 31.9 Å². The zero-order valence-electron chi connectivity index (χ0n) is 11.6. The van der Waals surface area contributed by atoms with Gasteiger partial charge in [-0.1, -0.05) is 6.92 Å². The average molecular weight is 260 g/mol. The Bertz CT molecular complexity index is 534. The molecule has 0 aliphatic heterocycles. The Kier molecular flexibility index (Phi) is 4.33. The van der Waals surface area contributed by atoms with Crippen LogP contribution in [0, 0.1) is 0 Å². The lowest BCUT2D eigenvalue weighted by Crippen LogP contribution is -2.06. The van der Waals surface area contributed by atoms with Crippen molar-refractivity contribution < 1.29 is 0 Å². The van der Waals surface area contributed by atoms with Crippen molar-refractivity contribution in [3.05, 3.63) is 29.8 Å². The predicted octanol–water partition coefficient (Wildman–Crippen LogP) is 1.82. The number of hydrogen-bond acceptors (Lipinski definition) is 5. The van der Waals surface area contributed by atoms with E-state index < -0.39 is 0 Å². The highest BCUT2D eigenvalue weighted by molar-refractivity contribution is 5.42. The quantitative estimate of drug-likeness (QED) is 0.829. The van der Waals surface area contributed by atoms with Crippen LogP contribution >= 0.6 is 0 Å². The molecule has 102 valence electrons. The largest absolute Gasteiger partial charge is 0.369 e. The fourth-order valence-electron chi connectivity index (χ4n) is 1.93. The van der Waals surface area contributed by atoms with Crippen LogP contribution in [0.3, 0.4) is 0 Å². The number of rotatable bonds is 6. The van der Waals surface area contributed by atoms with Gasteiger partial charge in [-0.3, -0.25) is 9.67 Å². The second-order valence-electron chi connectivity index (χ2n) is 4.30. The molecule has 6 nitrogen and oxygen atoms in total. The lowest BCUT2D eigenvalue weighted by atomic mass is 10.2. The van der Waals surface area contributed by atoms with E-state index >= 15 is 0 Å². The lowest BCUT2D eigenvalue weighted by molar-refractivity contribution is 0.746. The van der Waals surface area contributed by atoms with Crippen LogP contribution in [0.2, 0.25) is 0 Å². The standard InChI is InChI=1S/C13H20N6/c1-4-11-10(9-19(3)18-11)6-16-13-8-14-7-12(17-13)15-5-2/h7-9H,4-6H2,1-3H3,(H2,15,16,17). The van der Waals surface area contributed by atoms with Crippen LogP contribution in [0.25, 0.3) is 0 Å². The first-order valence-electron chi connectivity index (χ1n) is 6.54. The van der Waals surface area contributed by atoms with Crippen molar-refractivity contribution in [1.29, 1.82) is 0 Å². The molecule has 0 bridgehead atoms. The summed E-state index contributed by atoms with van der Waals surface area (Å²) in [6.45, 7) is 5.68. The van der Waals surface area contributed by atoms with Crippen molar-refractivity contribution in [3.63, 3.8) is 0 Å². The van der Waals surface area contributed by atoms with Crippen LogP contribution in [-0.4, -0.2) is 26.3 Å². The Hall–Kier alpha value is -2.11. The number of anilines is 2. The number of hydrogen-bond donors (Lipinski definition) is 2. The van der Waals surface area contributed by atoms with Crippen LogP contribution in [0.4, 0.5) is 11.6 Å². The van der Waals surface area contributed by atoms with Crippen molar-refractivity contribution in [2.45, 2.75) is 26.8 Å². The highest BCUT2D eigenvalue weighted by Crippen LogP contribution is 2.11. The summed E-state index contributed by atoms with van der Waals surface area (Å²) < 4.78 is 1.84. The van der Waals surface area contributed by atoms with Crippen LogP contribution in [-0.2, 0) is 20.0 Å². The molecule has 6 heteroatoms. The summed E-state index contributed by atoms with van der Waals surface area (Å²) >= 11 is 0. The van der Waals surface area contributed by atoms with Crippen molar-refractivity contribution >= 4 is 11.6 Å². The predicted molar refractivity (Wildman–Crippen MR) is 76.1 cm³/mol. The summed E-state index contributed by atoms with van der Waals surface area (Å²) in [6, 6.07) is 0. The Morgan fingerprint density at radius 1 is 1.16 bits per heavy atom. The second-order valence-corrected chi connectivity index (χ2v) is 4.30. The number of nitrogens with zero attached hydrogens (tertiary/aromatic N) is 4. The van der Waals surface area contributed by atoms with Gasteiger partial charge < -0.3 is 10.6 Å². The van der Waals surface area contributed by atoms with E-state index in [-0.39, 0.29) is 0 Å². The molecule has 2 heterocycles. The molecule has 0 saturated carbocycles. The number of aromatic nitrogens is 4. The van der Waals surface area contributed by atoms with Gasteiger partial charge in [0.15, 0.2) is 0 Å². The maximum Gasteiger partial charge on any atom is 0.147 e. The highest BCUT2D eigenvalue weighted by atomic mass is 15.3. The highest BCUT2D eigenvalue weighted by Gasteiger charge is 2.06. The normalized spacial score (nSPS) is 10.5. The molecule has 0 amide bonds. The third-order valence-corrected chi connectivity index (χ3v) is 2.78. The molecule has 0 aliphatic carbocycles. The zero-order valence-corrected chi connectivity index (χ0v) is 11.6. The Morgan fingerprint density at radius 3 is 2.58 bits per heavy atom. The fourth-order valence-corrected chi connectivity index (χ4v) is 1.93. The molecule has 2 rings (SSSR count). The van der Waals surface area contributed by atoms with Crippen LogP contribution in [0.1, 0.15) is 25.1 Å². The third kappa shape index (κ3) is 3.43. The molecule has 0 aromatic carbocycles. The van der Waals surface area contributed by atoms with Gasteiger partial charge >= 0.3 is 0 Å². The van der Waals surface area contributed by atoms with E-state index in [0.29, 0.717) is 6.54 Å². The van der Waals surface area contributed by atoms with Gasteiger partial charge in [-0.25, -0.2) is 4.98 Å². The van der Waals surface area contributed by atoms with E-state index in [0.717, 1.165) is 30.3 Å². The minimum absolute atomic E-state index is 0.710. The number of aryl methyl sites for hydroxylation is 2. The molecule has 0 radical (unpaired) electrons. The summed E-state index contributed by atoms with van der Waals surface area (Å²) in [6.07, 6.45) is 6.41. The first kappa shape index (κ1) is 13.3. The van der Waals surface area contributed by atoms with E-state index in [1.54, 1.807) is 12.4 Å². The molecule has 2 aromatic rings. The maximum atomic E-state index is 4.43. The molecule has 2 N–H and O–H groups in total. The monoisotopic (exact) mass is 260 g/mol. The van der Waals surface area contributed by atoms with Gasteiger partial charge in [-0.05, 0) is 13.3 Å². The molecular weight excluding hydrogens is 240 g/mol. The zero-order chi connectivity index (χ0) is 13.7. The summed E-state index contributed by atoms with van der Waals surface area (Å²) in [5.41, 5.74) is 2.31. The van der Waals surface area contributed by atoms with Crippen molar-refractivity contribution in [1.82, 2.24) is 19.7 Å². The lowest BCUT2D eigenvalue weighted by Gasteiger charge is -2.07. The van der Waals surface area contributed by atoms with Gasteiger partial charge in [0.2, 0.25) is 0 Å². The molecular formula is C13H20N6. The first-order chi connectivity index (χ1) is 9.22. The molecule has 0 fully saturated rings. The summed E-state index contributed by atoms with van der Waals surface area (Å²) in [5.74, 6) is 1.55. The SMILES string of the molecule is CCNc1cncc(NCc2cn(C)nc2CC)n1. The molecule has 0 saturated heterocycles. The van der Waals surface area contributed by atoms with Crippen LogP contribution < -0.4 is 10.6 Å². The minimum Gasteiger partial charge on any atom is -0.369 e. The maximum absolute atomic E-state index is 4.43. The molecule has 19 heavy (non-hydrogen) atoms. The smallest absolute Gasteiger partial charge is 0.147 e. The van der Waals surface area contributed by atoms with Gasteiger partial charge in [-0.15, -0.1) is 0 Å². The Labute approximate surface area is 113 Å². The van der Waals surface area contributed by atoms with E-state index in [1.165, 1.54) is 5.56 Å². The fraction of sp³-hybridized carbons (Fsp3) is 0.462. The number of nitrogens with one attached hydrogen (secondary N) is 2. The third-order valence-electron chi connectivity index (χ3n) is 2.78. The summed E-state index contributed by atoms with van der Waals surface area (Å²) in [4.78, 5) is 8.58. The van der Waals surface area contributed by atoms with E-state index in [2.05, 4.69) is 32.6 Å².